The molecule has 0 bridgehead atoms. The number of carboxylic acid groups (broad SMARTS) is 1. The largest absolute Gasteiger partial charge is 0.480 e. The Morgan fingerprint density at radius 1 is 0.690 bits per heavy atom. The first-order valence-corrected chi connectivity index (χ1v) is 19.4. The van der Waals surface area contributed by atoms with Crippen LogP contribution in [0.3, 0.4) is 0 Å². The zero-order valence-electron chi connectivity index (χ0n) is 33.7. The summed E-state index contributed by atoms with van der Waals surface area (Å²) in [7, 11) is 0. The van der Waals surface area contributed by atoms with Crippen molar-refractivity contribution < 1.29 is 58.2 Å². The molecule has 2 rings (SSSR count). The van der Waals surface area contributed by atoms with Gasteiger partial charge in [-0.25, -0.2) is 4.79 Å². The number of likely N-dealkylation sites (tertiary alicyclic amines) is 2. The highest BCUT2D eigenvalue weighted by atomic mass is 16.4. The van der Waals surface area contributed by atoms with Gasteiger partial charge in [0.05, 0.1) is 19.1 Å². The van der Waals surface area contributed by atoms with Crippen molar-refractivity contribution in [2.45, 2.75) is 134 Å². The highest BCUT2D eigenvalue weighted by Crippen LogP contribution is 2.23. The first kappa shape index (κ1) is 48.8. The Bertz CT molecular complexity index is 1560. The monoisotopic (exact) mass is 824 g/mol. The number of primary amides is 2. The van der Waals surface area contributed by atoms with Crippen LogP contribution in [0.1, 0.15) is 86.0 Å². The topological polar surface area (TPSA) is 356 Å². The van der Waals surface area contributed by atoms with Crippen molar-refractivity contribution in [2.24, 2.45) is 29.0 Å². The molecule has 0 spiro atoms. The van der Waals surface area contributed by atoms with Gasteiger partial charge in [0.15, 0.2) is 0 Å². The number of hydrogen-bond acceptors (Lipinski definition) is 12. The van der Waals surface area contributed by atoms with Gasteiger partial charge < -0.3 is 63.8 Å². The maximum Gasteiger partial charge on any atom is 0.326 e. The molecule has 2 heterocycles. The van der Waals surface area contributed by atoms with Crippen LogP contribution in [-0.2, 0) is 47.9 Å². The Hall–Kier alpha value is -5.38. The minimum absolute atomic E-state index is 0.122. The van der Waals surface area contributed by atoms with E-state index in [2.05, 4.69) is 26.6 Å². The smallest absolute Gasteiger partial charge is 0.326 e. The van der Waals surface area contributed by atoms with E-state index in [9.17, 15) is 58.2 Å². The van der Waals surface area contributed by atoms with Crippen LogP contribution in [0.4, 0.5) is 0 Å². The minimum Gasteiger partial charge on any atom is -0.480 e. The molecule has 58 heavy (non-hydrogen) atoms. The van der Waals surface area contributed by atoms with Crippen LogP contribution in [0.5, 0.6) is 0 Å². The summed E-state index contributed by atoms with van der Waals surface area (Å²) in [5.41, 5.74) is 15.9. The number of carbonyl (C=O) groups excluding carboxylic acids is 9. The molecule has 22 heteroatoms. The number of aliphatic hydroxyl groups excluding tert-OH is 1. The van der Waals surface area contributed by atoms with Crippen molar-refractivity contribution in [1.82, 2.24) is 36.4 Å². The van der Waals surface area contributed by atoms with Crippen LogP contribution in [0, 0.1) is 11.8 Å². The van der Waals surface area contributed by atoms with E-state index in [0.29, 0.717) is 19.3 Å². The lowest BCUT2D eigenvalue weighted by Crippen LogP contribution is -2.62. The van der Waals surface area contributed by atoms with Crippen molar-refractivity contribution in [2.75, 3.05) is 19.7 Å². The second-order valence-corrected chi connectivity index (χ2v) is 15.1. The van der Waals surface area contributed by atoms with Crippen LogP contribution in [0.25, 0.3) is 0 Å². The highest BCUT2D eigenvalue weighted by Gasteiger charge is 2.42. The number of hydrogen-bond donors (Lipinski definition) is 10. The lowest BCUT2D eigenvalue weighted by atomic mass is 9.96. The fraction of sp³-hybridized carbons (Fsp3) is 0.722. The minimum atomic E-state index is -1.58. The van der Waals surface area contributed by atoms with Crippen molar-refractivity contribution in [3.05, 3.63) is 0 Å². The normalized spacial score (nSPS) is 20.1. The van der Waals surface area contributed by atoms with E-state index < -0.39 is 132 Å². The molecule has 0 aromatic heterocycles. The van der Waals surface area contributed by atoms with Gasteiger partial charge in [0, 0.05) is 19.5 Å². The average Bonchev–Trinajstić information content (AvgIpc) is 3.86. The number of carboxylic acids is 1. The number of aliphatic carboxylic acids is 1. The van der Waals surface area contributed by atoms with Crippen molar-refractivity contribution in [3.8, 4) is 0 Å². The molecular weight excluding hydrogens is 764 g/mol. The second-order valence-electron chi connectivity index (χ2n) is 15.1. The van der Waals surface area contributed by atoms with Gasteiger partial charge >= 0.3 is 5.97 Å². The number of rotatable bonds is 22. The molecule has 22 nitrogen and oxygen atoms in total. The predicted molar refractivity (Wildman–Crippen MR) is 204 cm³/mol. The Kier molecular flexibility index (Phi) is 18.9. The highest BCUT2D eigenvalue weighted by molar-refractivity contribution is 5.98. The van der Waals surface area contributed by atoms with E-state index in [1.54, 1.807) is 27.7 Å². The van der Waals surface area contributed by atoms with Gasteiger partial charge in [0.2, 0.25) is 53.2 Å². The van der Waals surface area contributed by atoms with Gasteiger partial charge in [0.1, 0.15) is 42.3 Å². The van der Waals surface area contributed by atoms with E-state index >= 15 is 0 Å². The van der Waals surface area contributed by atoms with Gasteiger partial charge in [0.25, 0.3) is 0 Å². The maximum atomic E-state index is 13.9. The Morgan fingerprint density at radius 2 is 1.24 bits per heavy atom. The Labute approximate surface area is 336 Å². The first-order chi connectivity index (χ1) is 27.1. The number of aliphatic hydroxyl groups is 1. The summed E-state index contributed by atoms with van der Waals surface area (Å²) in [6.07, 6.45) is 0.695. The number of nitrogens with one attached hydrogen (secondary N) is 5. The Morgan fingerprint density at radius 3 is 1.72 bits per heavy atom. The van der Waals surface area contributed by atoms with Gasteiger partial charge in [-0.2, -0.15) is 0 Å². The summed E-state index contributed by atoms with van der Waals surface area (Å²) < 4.78 is 0. The molecule has 2 aliphatic rings. The standard InChI is InChI=1S/C36H60N10O12/c1-6-18(4)28(35(56)46-14-8-9-23(46)31(52)41-21(36(57)58)11-12-25(38)48)44-30(51)22(16-47)42-33(54)27(17(2)3)43-32(53)24-10-7-13-45(24)34(55)19(5)40-29(50)20(37)15-26(39)49/h17-24,27-28,47H,6-16,37H2,1-5H3,(H2,38,48)(H2,39,49)(H,40,50)(H,41,52)(H,42,54)(H,43,53)(H,44,51)(H,57,58)/t18-,19-,20-,21-,22-,23-,24-,27-,28-/m0/s1. The fourth-order valence-corrected chi connectivity index (χ4v) is 6.71. The summed E-state index contributed by atoms with van der Waals surface area (Å²) >= 11 is 0. The molecule has 0 aromatic carbocycles. The molecule has 9 amide bonds. The van der Waals surface area contributed by atoms with Crippen LogP contribution in [-0.4, -0.2) is 147 Å². The molecule has 13 N–H and O–H groups in total. The van der Waals surface area contributed by atoms with E-state index in [4.69, 9.17) is 17.2 Å². The molecule has 0 unspecified atom stereocenters. The summed E-state index contributed by atoms with van der Waals surface area (Å²) in [5.74, 6) is -9.23. The van der Waals surface area contributed by atoms with Crippen LogP contribution in [0.15, 0.2) is 0 Å². The zero-order chi connectivity index (χ0) is 44.0. The van der Waals surface area contributed by atoms with E-state index in [1.807, 2.05) is 0 Å². The van der Waals surface area contributed by atoms with Gasteiger partial charge in [-0.05, 0) is 50.9 Å². The number of nitrogens with zero attached hydrogens (tertiary/aromatic N) is 2. The van der Waals surface area contributed by atoms with E-state index in [1.165, 1.54) is 16.7 Å². The van der Waals surface area contributed by atoms with Crippen LogP contribution >= 0.6 is 0 Å². The lowest BCUT2D eigenvalue weighted by Gasteiger charge is -2.33. The Balaban J connectivity index is 2.15. The van der Waals surface area contributed by atoms with E-state index in [-0.39, 0.29) is 38.8 Å². The van der Waals surface area contributed by atoms with Crippen molar-refractivity contribution >= 4 is 59.1 Å². The molecule has 326 valence electrons. The van der Waals surface area contributed by atoms with Gasteiger partial charge in [-0.1, -0.05) is 34.1 Å². The zero-order valence-corrected chi connectivity index (χ0v) is 33.7. The second kappa shape index (κ2) is 22.5. The van der Waals surface area contributed by atoms with Gasteiger partial charge in [-0.15, -0.1) is 0 Å². The molecule has 9 atom stereocenters. The molecule has 0 aliphatic carbocycles. The molecule has 0 aromatic rings. The van der Waals surface area contributed by atoms with Crippen LogP contribution in [0.2, 0.25) is 0 Å². The molecule has 2 aliphatic heterocycles. The van der Waals surface area contributed by atoms with E-state index in [0.717, 1.165) is 0 Å². The first-order valence-electron chi connectivity index (χ1n) is 19.4. The summed E-state index contributed by atoms with van der Waals surface area (Å²) in [5, 5.41) is 32.2. The van der Waals surface area contributed by atoms with Crippen molar-refractivity contribution in [3.63, 3.8) is 0 Å². The summed E-state index contributed by atoms with van der Waals surface area (Å²) in [4.78, 5) is 130. The molecule has 0 radical (unpaired) electrons. The molecule has 0 saturated carbocycles. The average molecular weight is 825 g/mol. The third-order valence-electron chi connectivity index (χ3n) is 10.3. The maximum absolute atomic E-state index is 13.9. The van der Waals surface area contributed by atoms with Crippen molar-refractivity contribution in [1.29, 1.82) is 0 Å². The SMILES string of the molecule is CC[C@H](C)[C@H](NC(=O)[C@H](CO)NC(=O)[C@@H](NC(=O)[C@@H]1CCCN1C(=O)[C@H](C)NC(=O)[C@@H](N)CC(N)=O)C(C)C)C(=O)N1CCC[C@H]1C(=O)N[C@@H](CCC(N)=O)C(=O)O. The molecule has 2 saturated heterocycles. The number of nitrogens with two attached hydrogens (primary N) is 3. The predicted octanol–water partition coefficient (Wildman–Crippen LogP) is -4.34. The lowest BCUT2D eigenvalue weighted by molar-refractivity contribution is -0.145. The van der Waals surface area contributed by atoms with Gasteiger partial charge in [-0.3, -0.25) is 43.2 Å². The third kappa shape index (κ3) is 13.6. The van der Waals surface area contributed by atoms with Crippen LogP contribution < -0.4 is 43.8 Å². The quantitative estimate of drug-likeness (QED) is 0.0494. The number of carbonyl (C=O) groups is 10. The number of amides is 9. The molecular formula is C36H60N10O12. The molecule has 2 fully saturated rings. The summed E-state index contributed by atoms with van der Waals surface area (Å²) in [6, 6.07) is -9.96. The third-order valence-corrected chi connectivity index (χ3v) is 10.3. The summed E-state index contributed by atoms with van der Waals surface area (Å²) in [6.45, 7) is 7.49. The fourth-order valence-electron chi connectivity index (χ4n) is 6.71.